The largest absolute Gasteiger partial charge is 0.504 e. The monoisotopic (exact) mass is 518 g/mol. The highest BCUT2D eigenvalue weighted by molar-refractivity contribution is 7.99. The summed E-state index contributed by atoms with van der Waals surface area (Å²) >= 11 is 1.74. The summed E-state index contributed by atoms with van der Waals surface area (Å²) in [6.07, 6.45) is 0. The van der Waals surface area contributed by atoms with Gasteiger partial charge in [-0.1, -0.05) is 48.2 Å². The maximum absolute atomic E-state index is 10.6. The molecular weight excluding hydrogens is 500 g/mol. The molecule has 0 unspecified atom stereocenters. The Morgan fingerprint density at radius 1 is 0.553 bits per heavy atom. The molecule has 6 aromatic rings. The van der Waals surface area contributed by atoms with Crippen molar-refractivity contribution in [3.63, 3.8) is 0 Å². The summed E-state index contributed by atoms with van der Waals surface area (Å²) in [5.41, 5.74) is 6.47. The first-order valence-electron chi connectivity index (χ1n) is 11.9. The molecule has 0 bridgehead atoms. The van der Waals surface area contributed by atoms with Gasteiger partial charge in [0.15, 0.2) is 11.5 Å². The Bertz CT molecular complexity index is 2000. The van der Waals surface area contributed by atoms with E-state index in [1.165, 1.54) is 4.90 Å². The van der Waals surface area contributed by atoms with Gasteiger partial charge in [0.2, 0.25) is 17.2 Å². The fraction of sp³-hybridized carbons (Fsp3) is 0. The maximum atomic E-state index is 10.6. The highest BCUT2D eigenvalue weighted by atomic mass is 32.2. The van der Waals surface area contributed by atoms with E-state index in [4.69, 9.17) is 0 Å². The average molecular weight is 519 g/mol. The van der Waals surface area contributed by atoms with Gasteiger partial charge in [-0.25, -0.2) is 0 Å². The van der Waals surface area contributed by atoms with Crippen LogP contribution in [-0.2, 0) is 0 Å². The molecule has 0 radical (unpaired) electrons. The van der Waals surface area contributed by atoms with Crippen molar-refractivity contribution in [3.05, 3.63) is 78.9 Å². The number of hydrogen-bond donors (Lipinski definition) is 5. The Balaban J connectivity index is 1.49. The second kappa shape index (κ2) is 7.08. The van der Waals surface area contributed by atoms with Gasteiger partial charge in [0.1, 0.15) is 0 Å². The van der Waals surface area contributed by atoms with E-state index in [1.807, 2.05) is 36.4 Å². The SMILES string of the molecule is Oc1c(O)c(O)c(-c2ccc3c(c2)c2ccc4c5c2n3-c2ccccc2N5c2ccccc2S4)c(O)c1O. The van der Waals surface area contributed by atoms with Gasteiger partial charge in [-0.05, 0) is 48.0 Å². The molecule has 0 fully saturated rings. The Morgan fingerprint density at radius 3 is 1.97 bits per heavy atom. The summed E-state index contributed by atoms with van der Waals surface area (Å²) in [6.45, 7) is 0. The van der Waals surface area contributed by atoms with Crippen LogP contribution < -0.4 is 4.90 Å². The van der Waals surface area contributed by atoms with Crippen molar-refractivity contribution in [2.75, 3.05) is 4.90 Å². The quantitative estimate of drug-likeness (QED) is 0.115. The fourth-order valence-corrected chi connectivity index (χ4v) is 6.86. The molecule has 2 aliphatic rings. The van der Waals surface area contributed by atoms with E-state index in [-0.39, 0.29) is 5.56 Å². The number of phenols is 5. The van der Waals surface area contributed by atoms with Crippen LogP contribution in [0.1, 0.15) is 0 Å². The van der Waals surface area contributed by atoms with Gasteiger partial charge >= 0.3 is 0 Å². The van der Waals surface area contributed by atoms with Gasteiger partial charge in [0.25, 0.3) is 0 Å². The number of aromatic hydroxyl groups is 5. The lowest BCUT2D eigenvalue weighted by Crippen LogP contribution is -2.21. The predicted octanol–water partition coefficient (Wildman–Crippen LogP) is 7.23. The number of nitrogens with zero attached hydrogens (tertiary/aromatic N) is 2. The summed E-state index contributed by atoms with van der Waals surface area (Å²) < 4.78 is 2.24. The molecule has 1 aromatic heterocycles. The van der Waals surface area contributed by atoms with Gasteiger partial charge in [0.05, 0.1) is 39.3 Å². The van der Waals surface area contributed by atoms with Crippen LogP contribution in [0, 0.1) is 0 Å². The first kappa shape index (κ1) is 21.2. The van der Waals surface area contributed by atoms with E-state index in [9.17, 15) is 25.5 Å². The van der Waals surface area contributed by atoms with Crippen LogP contribution in [-0.4, -0.2) is 30.1 Å². The average Bonchev–Trinajstić information content (AvgIpc) is 3.28. The van der Waals surface area contributed by atoms with Crippen molar-refractivity contribution >= 4 is 50.6 Å². The van der Waals surface area contributed by atoms with Crippen LogP contribution >= 0.6 is 11.8 Å². The lowest BCUT2D eigenvalue weighted by molar-refractivity contribution is 0.330. The summed E-state index contributed by atoms with van der Waals surface area (Å²) in [4.78, 5) is 4.63. The molecule has 2 aliphatic heterocycles. The molecule has 5 N–H and O–H groups in total. The van der Waals surface area contributed by atoms with E-state index in [2.05, 4.69) is 45.9 Å². The van der Waals surface area contributed by atoms with E-state index in [0.717, 1.165) is 49.5 Å². The zero-order chi connectivity index (χ0) is 25.9. The number of phenolic OH excluding ortho intramolecular Hbond substituents is 5. The smallest absolute Gasteiger partial charge is 0.208 e. The van der Waals surface area contributed by atoms with Gasteiger partial charge in [-0.3, -0.25) is 0 Å². The summed E-state index contributed by atoms with van der Waals surface area (Å²) in [7, 11) is 0. The number of rotatable bonds is 1. The molecule has 0 saturated heterocycles. The Labute approximate surface area is 219 Å². The second-order valence-corrected chi connectivity index (χ2v) is 10.5. The number of para-hydroxylation sites is 3. The molecule has 5 aromatic carbocycles. The van der Waals surface area contributed by atoms with Crippen molar-refractivity contribution in [3.8, 4) is 45.6 Å². The number of hydrogen-bond acceptors (Lipinski definition) is 7. The lowest BCUT2D eigenvalue weighted by atomic mass is 9.99. The van der Waals surface area contributed by atoms with Crippen LogP contribution in [0.2, 0.25) is 0 Å². The number of fused-ring (bicyclic) bond motifs is 8. The number of benzene rings is 5. The normalized spacial score (nSPS) is 13.1. The highest BCUT2D eigenvalue weighted by Crippen LogP contribution is 2.59. The van der Waals surface area contributed by atoms with E-state index in [1.54, 1.807) is 17.8 Å². The molecule has 0 spiro atoms. The first-order chi connectivity index (χ1) is 18.5. The fourth-order valence-electron chi connectivity index (χ4n) is 5.79. The van der Waals surface area contributed by atoms with Crippen molar-refractivity contribution < 1.29 is 25.5 Å². The van der Waals surface area contributed by atoms with E-state index >= 15 is 0 Å². The van der Waals surface area contributed by atoms with Gasteiger partial charge < -0.3 is 35.0 Å². The maximum Gasteiger partial charge on any atom is 0.208 e. The zero-order valence-corrected chi connectivity index (χ0v) is 20.4. The van der Waals surface area contributed by atoms with Gasteiger partial charge in [-0.15, -0.1) is 0 Å². The second-order valence-electron chi connectivity index (χ2n) is 9.39. The van der Waals surface area contributed by atoms with Crippen LogP contribution in [0.25, 0.3) is 38.6 Å². The van der Waals surface area contributed by atoms with Crippen molar-refractivity contribution in [2.45, 2.75) is 9.79 Å². The highest BCUT2D eigenvalue weighted by Gasteiger charge is 2.34. The van der Waals surface area contributed by atoms with Crippen LogP contribution in [0.5, 0.6) is 28.7 Å². The van der Waals surface area contributed by atoms with E-state index < -0.39 is 28.7 Å². The number of aromatic nitrogens is 1. The minimum atomic E-state index is -0.978. The van der Waals surface area contributed by atoms with Gasteiger partial charge in [-0.2, -0.15) is 0 Å². The third kappa shape index (κ3) is 2.45. The Hall–Kier alpha value is -4.95. The Kier molecular flexibility index (Phi) is 3.94. The molecule has 8 rings (SSSR count). The summed E-state index contributed by atoms with van der Waals surface area (Å²) in [5.74, 6) is -4.21. The summed E-state index contributed by atoms with van der Waals surface area (Å²) in [5, 5.41) is 53.1. The van der Waals surface area contributed by atoms with E-state index in [0.29, 0.717) is 5.56 Å². The molecular formula is C30H18N2O5S. The number of anilines is 3. The van der Waals surface area contributed by atoms with Crippen molar-refractivity contribution in [2.24, 2.45) is 0 Å². The molecule has 7 nitrogen and oxygen atoms in total. The molecule has 0 amide bonds. The lowest BCUT2D eigenvalue weighted by Gasteiger charge is -2.38. The van der Waals surface area contributed by atoms with Crippen molar-refractivity contribution in [1.82, 2.24) is 4.57 Å². The van der Waals surface area contributed by atoms with Crippen molar-refractivity contribution in [1.29, 1.82) is 0 Å². The molecule has 184 valence electrons. The standard InChI is InChI=1S/C30H18N2O5S/c33-26-23(27(34)29(36)30(37)28(26)35)14-9-11-17-16(13-14)15-10-12-22-25-24(15)31(17)18-5-1-2-6-19(18)32(25)20-7-3-4-8-21(20)38-22/h1-13,33-37H. The Morgan fingerprint density at radius 2 is 1.21 bits per heavy atom. The first-order valence-corrected chi connectivity index (χ1v) is 12.7. The molecule has 8 heteroatoms. The van der Waals surface area contributed by atoms with Crippen LogP contribution in [0.4, 0.5) is 17.1 Å². The zero-order valence-electron chi connectivity index (χ0n) is 19.5. The van der Waals surface area contributed by atoms with Crippen LogP contribution in [0.3, 0.4) is 0 Å². The third-order valence-electron chi connectivity index (χ3n) is 7.44. The minimum absolute atomic E-state index is 0.167. The third-order valence-corrected chi connectivity index (χ3v) is 8.55. The summed E-state index contributed by atoms with van der Waals surface area (Å²) in [6, 6.07) is 26.2. The van der Waals surface area contributed by atoms with Gasteiger partial charge in [0, 0.05) is 20.6 Å². The minimum Gasteiger partial charge on any atom is -0.504 e. The van der Waals surface area contributed by atoms with Crippen LogP contribution in [0.15, 0.2) is 88.7 Å². The molecule has 0 atom stereocenters. The topological polar surface area (TPSA) is 109 Å². The molecule has 0 saturated carbocycles. The molecule has 38 heavy (non-hydrogen) atoms. The molecule has 0 aliphatic carbocycles. The molecule has 3 heterocycles. The predicted molar refractivity (Wildman–Crippen MR) is 147 cm³/mol.